The molecule has 0 unspecified atom stereocenters. The van der Waals surface area contributed by atoms with Gasteiger partial charge in [-0.1, -0.05) is 48.5 Å². The van der Waals surface area contributed by atoms with E-state index in [2.05, 4.69) is 42.2 Å². The molecule has 3 heterocycles. The van der Waals surface area contributed by atoms with Gasteiger partial charge in [-0.05, 0) is 12.1 Å². The zero-order valence-electron chi connectivity index (χ0n) is 19.1. The Hall–Kier alpha value is -4.53. The number of nitrogens with zero attached hydrogens (tertiary/aromatic N) is 6. The van der Waals surface area contributed by atoms with Crippen molar-refractivity contribution in [2.24, 2.45) is 0 Å². The number of para-hydroxylation sites is 1. The lowest BCUT2D eigenvalue weighted by Crippen LogP contribution is -2.46. The van der Waals surface area contributed by atoms with Gasteiger partial charge in [0.05, 0.1) is 12.0 Å². The topological polar surface area (TPSA) is 96.2 Å². The molecule has 1 aliphatic heterocycles. The first-order chi connectivity index (χ1) is 17.2. The fourth-order valence-corrected chi connectivity index (χ4v) is 4.07. The van der Waals surface area contributed by atoms with Crippen molar-refractivity contribution >= 4 is 23.2 Å². The highest BCUT2D eigenvalue weighted by atomic mass is 16.2. The molecular weight excluding hydrogens is 442 g/mol. The Morgan fingerprint density at radius 3 is 2.23 bits per heavy atom. The third-order valence-electron chi connectivity index (χ3n) is 5.91. The van der Waals surface area contributed by atoms with Crippen molar-refractivity contribution in [2.75, 3.05) is 41.3 Å². The molecule has 0 bridgehead atoms. The molecule has 0 spiro atoms. The van der Waals surface area contributed by atoms with E-state index in [1.54, 1.807) is 6.07 Å². The number of amides is 1. The predicted molar refractivity (Wildman–Crippen MR) is 135 cm³/mol. The first-order valence-corrected chi connectivity index (χ1v) is 11.4. The lowest BCUT2D eigenvalue weighted by molar-refractivity contribution is -0.116. The second kappa shape index (κ2) is 10.2. The maximum absolute atomic E-state index is 12.6. The molecule has 0 aliphatic carbocycles. The van der Waals surface area contributed by atoms with Gasteiger partial charge in [0.2, 0.25) is 5.91 Å². The van der Waals surface area contributed by atoms with E-state index in [-0.39, 0.29) is 18.0 Å². The summed E-state index contributed by atoms with van der Waals surface area (Å²) in [5.41, 5.74) is 2.33. The van der Waals surface area contributed by atoms with Crippen molar-refractivity contribution < 1.29 is 4.79 Å². The number of rotatable bonds is 6. The Labute approximate surface area is 202 Å². The number of nitrogens with one attached hydrogen (secondary N) is 1. The summed E-state index contributed by atoms with van der Waals surface area (Å²) in [5.74, 6) is 0.793. The number of hydrogen-bond acceptors (Lipinski definition) is 7. The standard InChI is InChI=1S/C26H25N7O2/c34-25(17-33-19-29-22(15-26(33)35)20-7-3-1-4-8-20)30-23-16-24(28-18-27-23)32-13-11-31(12-14-32)21-9-5-2-6-10-21/h1-10,15-16,18-19H,11-14,17H2,(H,27,28,30,34). The maximum atomic E-state index is 12.6. The maximum Gasteiger partial charge on any atom is 0.254 e. The highest BCUT2D eigenvalue weighted by Gasteiger charge is 2.19. The Morgan fingerprint density at radius 2 is 1.51 bits per heavy atom. The lowest BCUT2D eigenvalue weighted by atomic mass is 10.1. The summed E-state index contributed by atoms with van der Waals surface area (Å²) in [7, 11) is 0. The van der Waals surface area contributed by atoms with Crippen molar-refractivity contribution in [1.29, 1.82) is 0 Å². The van der Waals surface area contributed by atoms with Gasteiger partial charge in [0.25, 0.3) is 5.56 Å². The van der Waals surface area contributed by atoms with E-state index in [4.69, 9.17) is 0 Å². The molecule has 1 amide bonds. The number of aromatic nitrogens is 4. The molecule has 1 saturated heterocycles. The van der Waals surface area contributed by atoms with Crippen LogP contribution in [-0.2, 0) is 11.3 Å². The third kappa shape index (κ3) is 5.35. The first-order valence-electron chi connectivity index (χ1n) is 11.4. The van der Waals surface area contributed by atoms with Crippen LogP contribution in [-0.4, -0.2) is 51.6 Å². The molecule has 0 radical (unpaired) electrons. The van der Waals surface area contributed by atoms with Gasteiger partial charge in [0.15, 0.2) is 0 Å². The smallest absolute Gasteiger partial charge is 0.254 e. The van der Waals surface area contributed by atoms with E-state index >= 15 is 0 Å². The van der Waals surface area contributed by atoms with Gasteiger partial charge in [-0.15, -0.1) is 0 Å². The molecule has 9 nitrogen and oxygen atoms in total. The van der Waals surface area contributed by atoms with E-state index in [0.717, 1.165) is 37.6 Å². The fourth-order valence-electron chi connectivity index (χ4n) is 4.07. The molecule has 1 aliphatic rings. The second-order valence-electron chi connectivity index (χ2n) is 8.23. The lowest BCUT2D eigenvalue weighted by Gasteiger charge is -2.36. The fraction of sp³-hybridized carbons (Fsp3) is 0.192. The largest absolute Gasteiger partial charge is 0.368 e. The quantitative estimate of drug-likeness (QED) is 0.466. The van der Waals surface area contributed by atoms with E-state index in [9.17, 15) is 9.59 Å². The number of piperazine rings is 1. The molecule has 0 saturated carbocycles. The second-order valence-corrected chi connectivity index (χ2v) is 8.23. The molecule has 1 fully saturated rings. The summed E-state index contributed by atoms with van der Waals surface area (Å²) < 4.78 is 1.27. The van der Waals surface area contributed by atoms with Gasteiger partial charge in [-0.25, -0.2) is 15.0 Å². The normalized spacial score (nSPS) is 13.5. The summed E-state index contributed by atoms with van der Waals surface area (Å²) in [6.45, 7) is 3.23. The van der Waals surface area contributed by atoms with Crippen LogP contribution < -0.4 is 20.7 Å². The summed E-state index contributed by atoms with van der Waals surface area (Å²) in [6, 6.07) is 23.0. The molecule has 2 aromatic carbocycles. The number of benzene rings is 2. The molecule has 0 atom stereocenters. The summed E-state index contributed by atoms with van der Waals surface area (Å²) >= 11 is 0. The van der Waals surface area contributed by atoms with Crippen LogP contribution in [0.1, 0.15) is 0 Å². The average Bonchev–Trinajstić information content (AvgIpc) is 2.91. The summed E-state index contributed by atoms with van der Waals surface area (Å²) in [5, 5.41) is 2.76. The van der Waals surface area contributed by atoms with Gasteiger partial charge < -0.3 is 15.1 Å². The number of carbonyl (C=O) groups excluding carboxylic acids is 1. The van der Waals surface area contributed by atoms with Crippen LogP contribution >= 0.6 is 0 Å². The van der Waals surface area contributed by atoms with Crippen molar-refractivity contribution in [3.8, 4) is 11.3 Å². The Balaban J connectivity index is 1.20. The molecule has 2 aromatic heterocycles. The molecular formula is C26H25N7O2. The minimum atomic E-state index is -0.361. The Kier molecular flexibility index (Phi) is 6.47. The van der Waals surface area contributed by atoms with Crippen LogP contribution in [0, 0.1) is 0 Å². The Bertz CT molecular complexity index is 1350. The molecule has 35 heavy (non-hydrogen) atoms. The number of carbonyl (C=O) groups is 1. The van der Waals surface area contributed by atoms with E-state index in [1.807, 2.05) is 48.5 Å². The van der Waals surface area contributed by atoms with Crippen LogP contribution in [0.4, 0.5) is 17.3 Å². The zero-order chi connectivity index (χ0) is 24.0. The molecule has 5 rings (SSSR count). The van der Waals surface area contributed by atoms with Crippen molar-refractivity contribution in [3.63, 3.8) is 0 Å². The molecule has 4 aromatic rings. The van der Waals surface area contributed by atoms with Gasteiger partial charge in [-0.2, -0.15) is 0 Å². The van der Waals surface area contributed by atoms with Crippen molar-refractivity contribution in [1.82, 2.24) is 19.5 Å². The highest BCUT2D eigenvalue weighted by molar-refractivity contribution is 5.89. The van der Waals surface area contributed by atoms with Gasteiger partial charge in [-0.3, -0.25) is 14.2 Å². The van der Waals surface area contributed by atoms with Crippen LogP contribution in [0.25, 0.3) is 11.3 Å². The number of anilines is 3. The van der Waals surface area contributed by atoms with Crippen LogP contribution in [0.2, 0.25) is 0 Å². The van der Waals surface area contributed by atoms with E-state index in [1.165, 1.54) is 29.0 Å². The van der Waals surface area contributed by atoms with E-state index in [0.29, 0.717) is 11.5 Å². The number of hydrogen-bond donors (Lipinski definition) is 1. The van der Waals surface area contributed by atoms with Crippen molar-refractivity contribution in [3.05, 3.63) is 95.8 Å². The van der Waals surface area contributed by atoms with Crippen LogP contribution in [0.5, 0.6) is 0 Å². The molecule has 176 valence electrons. The Morgan fingerprint density at radius 1 is 0.829 bits per heavy atom. The molecule has 1 N–H and O–H groups in total. The van der Waals surface area contributed by atoms with E-state index < -0.39 is 0 Å². The third-order valence-corrected chi connectivity index (χ3v) is 5.91. The first kappa shape index (κ1) is 22.3. The minimum Gasteiger partial charge on any atom is -0.368 e. The summed E-state index contributed by atoms with van der Waals surface area (Å²) in [4.78, 5) is 42.5. The van der Waals surface area contributed by atoms with Crippen LogP contribution in [0.15, 0.2) is 90.2 Å². The highest BCUT2D eigenvalue weighted by Crippen LogP contribution is 2.20. The van der Waals surface area contributed by atoms with Gasteiger partial charge >= 0.3 is 0 Å². The zero-order valence-corrected chi connectivity index (χ0v) is 19.1. The SMILES string of the molecule is O=C(Cn1cnc(-c2ccccc2)cc1=O)Nc1cc(N2CCN(c3ccccc3)CC2)ncn1. The van der Waals surface area contributed by atoms with Crippen molar-refractivity contribution in [2.45, 2.75) is 6.54 Å². The van der Waals surface area contributed by atoms with Gasteiger partial charge in [0.1, 0.15) is 24.5 Å². The molecule has 9 heteroatoms. The van der Waals surface area contributed by atoms with Gasteiger partial charge in [0, 0.05) is 49.6 Å². The average molecular weight is 468 g/mol. The summed E-state index contributed by atoms with van der Waals surface area (Å²) in [6.07, 6.45) is 2.83. The predicted octanol–water partition coefficient (Wildman–Crippen LogP) is 2.67. The monoisotopic (exact) mass is 467 g/mol. The minimum absolute atomic E-state index is 0.157. The van der Waals surface area contributed by atoms with Crippen LogP contribution in [0.3, 0.4) is 0 Å².